The fourth-order valence-electron chi connectivity index (χ4n) is 1.93. The second-order valence-corrected chi connectivity index (χ2v) is 5.06. The van der Waals surface area contributed by atoms with Crippen molar-refractivity contribution in [3.8, 4) is 0 Å². The van der Waals surface area contributed by atoms with E-state index in [4.69, 9.17) is 4.42 Å². The van der Waals surface area contributed by atoms with E-state index < -0.39 is 0 Å². The molecule has 0 radical (unpaired) electrons. The topological polar surface area (TPSA) is 25.2 Å². The Hall–Kier alpha value is -1.13. The number of nitrogens with one attached hydrogen (secondary N) is 1. The van der Waals surface area contributed by atoms with Crippen molar-refractivity contribution in [3.05, 3.63) is 58.2 Å². The number of furan rings is 1. The van der Waals surface area contributed by atoms with Gasteiger partial charge in [0.1, 0.15) is 11.6 Å². The summed E-state index contributed by atoms with van der Waals surface area (Å²) >= 11 is 3.27. The van der Waals surface area contributed by atoms with Gasteiger partial charge < -0.3 is 9.73 Å². The van der Waals surface area contributed by atoms with E-state index in [1.54, 1.807) is 12.1 Å². The van der Waals surface area contributed by atoms with Gasteiger partial charge in [-0.1, -0.05) is 18.2 Å². The molecule has 0 spiro atoms. The van der Waals surface area contributed by atoms with Gasteiger partial charge in [-0.15, -0.1) is 0 Å². The van der Waals surface area contributed by atoms with Crippen molar-refractivity contribution in [2.24, 2.45) is 0 Å². The summed E-state index contributed by atoms with van der Waals surface area (Å²) in [4.78, 5) is 0. The highest BCUT2D eigenvalue weighted by Crippen LogP contribution is 2.24. The summed E-state index contributed by atoms with van der Waals surface area (Å²) in [5.74, 6) is 0.635. The van der Waals surface area contributed by atoms with Gasteiger partial charge in [-0.3, -0.25) is 0 Å². The normalized spacial score (nSPS) is 14.4. The number of halogens is 2. The van der Waals surface area contributed by atoms with Crippen LogP contribution in [0.3, 0.4) is 0 Å². The molecule has 0 saturated heterocycles. The van der Waals surface area contributed by atoms with Gasteiger partial charge >= 0.3 is 0 Å². The van der Waals surface area contributed by atoms with E-state index in [-0.39, 0.29) is 17.9 Å². The van der Waals surface area contributed by atoms with E-state index in [1.807, 2.05) is 32.0 Å². The minimum Gasteiger partial charge on any atom is -0.453 e. The third-order valence-corrected chi connectivity index (χ3v) is 3.32. The molecule has 0 aliphatic rings. The molecule has 18 heavy (non-hydrogen) atoms. The zero-order chi connectivity index (χ0) is 13.1. The molecule has 0 aliphatic heterocycles. The fraction of sp³-hybridized carbons (Fsp3) is 0.286. The summed E-state index contributed by atoms with van der Waals surface area (Å²) in [6.45, 7) is 3.93. The lowest BCUT2D eigenvalue weighted by Crippen LogP contribution is -2.22. The predicted octanol–water partition coefficient (Wildman–Crippen LogP) is 4.59. The van der Waals surface area contributed by atoms with Crippen molar-refractivity contribution in [3.63, 3.8) is 0 Å². The van der Waals surface area contributed by atoms with E-state index in [0.29, 0.717) is 10.2 Å². The zero-order valence-electron chi connectivity index (χ0n) is 10.3. The first-order valence-corrected chi connectivity index (χ1v) is 6.63. The molecule has 96 valence electrons. The van der Waals surface area contributed by atoms with Crippen LogP contribution >= 0.6 is 15.9 Å². The van der Waals surface area contributed by atoms with Gasteiger partial charge in [0.25, 0.3) is 0 Å². The molecule has 0 aliphatic carbocycles. The van der Waals surface area contributed by atoms with Crippen LogP contribution in [0.5, 0.6) is 0 Å². The fourth-order valence-corrected chi connectivity index (χ4v) is 2.25. The Balaban J connectivity index is 2.08. The number of hydrogen-bond acceptors (Lipinski definition) is 2. The first-order valence-electron chi connectivity index (χ1n) is 5.83. The summed E-state index contributed by atoms with van der Waals surface area (Å²) in [5, 5.41) is 3.31. The third kappa shape index (κ3) is 3.00. The summed E-state index contributed by atoms with van der Waals surface area (Å²) in [5.41, 5.74) is 0.662. The first-order chi connectivity index (χ1) is 8.58. The Morgan fingerprint density at radius 1 is 1.11 bits per heavy atom. The van der Waals surface area contributed by atoms with Crippen LogP contribution in [0.25, 0.3) is 0 Å². The molecule has 0 fully saturated rings. The van der Waals surface area contributed by atoms with Crippen molar-refractivity contribution >= 4 is 15.9 Å². The zero-order valence-corrected chi connectivity index (χ0v) is 11.9. The van der Waals surface area contributed by atoms with Crippen LogP contribution in [0.4, 0.5) is 4.39 Å². The SMILES string of the molecule is CC(NC(C)c1ccccc1F)c1ccc(Br)o1. The van der Waals surface area contributed by atoms with Crippen molar-refractivity contribution in [1.29, 1.82) is 0 Å². The Morgan fingerprint density at radius 3 is 2.44 bits per heavy atom. The maximum atomic E-state index is 13.6. The molecular weight excluding hydrogens is 297 g/mol. The largest absolute Gasteiger partial charge is 0.453 e. The van der Waals surface area contributed by atoms with Gasteiger partial charge in [-0.2, -0.15) is 0 Å². The van der Waals surface area contributed by atoms with Crippen LogP contribution in [0.1, 0.15) is 37.3 Å². The van der Waals surface area contributed by atoms with Gasteiger partial charge in [0.2, 0.25) is 0 Å². The second kappa shape index (κ2) is 5.67. The second-order valence-electron chi connectivity index (χ2n) is 4.27. The highest BCUT2D eigenvalue weighted by atomic mass is 79.9. The average molecular weight is 312 g/mol. The summed E-state index contributed by atoms with van der Waals surface area (Å²) in [7, 11) is 0. The lowest BCUT2D eigenvalue weighted by Gasteiger charge is -2.19. The molecule has 2 atom stereocenters. The third-order valence-electron chi connectivity index (χ3n) is 2.89. The van der Waals surface area contributed by atoms with Gasteiger partial charge in [0.05, 0.1) is 6.04 Å². The van der Waals surface area contributed by atoms with Crippen LogP contribution < -0.4 is 5.32 Å². The minimum absolute atomic E-state index is 0.0194. The van der Waals surface area contributed by atoms with Gasteiger partial charge in [0, 0.05) is 11.6 Å². The molecule has 2 unspecified atom stereocenters. The first kappa shape index (κ1) is 13.3. The maximum Gasteiger partial charge on any atom is 0.169 e. The molecule has 0 amide bonds. The average Bonchev–Trinajstić information content (AvgIpc) is 2.76. The molecule has 1 N–H and O–H groups in total. The van der Waals surface area contributed by atoms with E-state index in [0.717, 1.165) is 5.76 Å². The van der Waals surface area contributed by atoms with Crippen molar-refractivity contribution in [2.75, 3.05) is 0 Å². The highest BCUT2D eigenvalue weighted by Gasteiger charge is 2.16. The molecular formula is C14H15BrFNO. The van der Waals surface area contributed by atoms with Crippen LogP contribution in [0.15, 0.2) is 45.5 Å². The molecule has 2 aromatic rings. The van der Waals surface area contributed by atoms with Crippen LogP contribution in [-0.2, 0) is 0 Å². The predicted molar refractivity (Wildman–Crippen MR) is 72.8 cm³/mol. The number of hydrogen-bond donors (Lipinski definition) is 1. The molecule has 0 saturated carbocycles. The van der Waals surface area contributed by atoms with E-state index in [9.17, 15) is 4.39 Å². The smallest absolute Gasteiger partial charge is 0.169 e. The monoisotopic (exact) mass is 311 g/mol. The summed E-state index contributed by atoms with van der Waals surface area (Å²) in [6.07, 6.45) is 0. The molecule has 0 bridgehead atoms. The molecule has 1 aromatic heterocycles. The van der Waals surface area contributed by atoms with Gasteiger partial charge in [-0.05, 0) is 48.0 Å². The van der Waals surface area contributed by atoms with Crippen LogP contribution in [-0.4, -0.2) is 0 Å². The van der Waals surface area contributed by atoms with Gasteiger partial charge in [-0.25, -0.2) is 4.39 Å². The molecule has 1 heterocycles. The van der Waals surface area contributed by atoms with E-state index >= 15 is 0 Å². The summed E-state index contributed by atoms with van der Waals surface area (Å²) < 4.78 is 19.8. The van der Waals surface area contributed by atoms with Gasteiger partial charge in [0.15, 0.2) is 4.67 Å². The van der Waals surface area contributed by atoms with Crippen LogP contribution in [0.2, 0.25) is 0 Å². The highest BCUT2D eigenvalue weighted by molar-refractivity contribution is 9.10. The quantitative estimate of drug-likeness (QED) is 0.893. The molecule has 2 rings (SSSR count). The summed E-state index contributed by atoms with van der Waals surface area (Å²) in [6, 6.07) is 10.5. The van der Waals surface area contributed by atoms with Crippen molar-refractivity contribution in [1.82, 2.24) is 5.32 Å². The van der Waals surface area contributed by atoms with Crippen LogP contribution in [0, 0.1) is 5.82 Å². The Morgan fingerprint density at radius 2 is 1.83 bits per heavy atom. The lowest BCUT2D eigenvalue weighted by molar-refractivity contribution is 0.389. The lowest BCUT2D eigenvalue weighted by atomic mass is 10.1. The van der Waals surface area contributed by atoms with E-state index in [2.05, 4.69) is 21.2 Å². The molecule has 4 heteroatoms. The Labute approximate surface area is 114 Å². The molecule has 1 aromatic carbocycles. The van der Waals surface area contributed by atoms with E-state index in [1.165, 1.54) is 6.07 Å². The Bertz CT molecular complexity index is 526. The number of benzene rings is 1. The van der Waals surface area contributed by atoms with Crippen molar-refractivity contribution in [2.45, 2.75) is 25.9 Å². The minimum atomic E-state index is -0.190. The molecule has 2 nitrogen and oxygen atoms in total. The number of rotatable bonds is 4. The van der Waals surface area contributed by atoms with Crippen molar-refractivity contribution < 1.29 is 8.81 Å². The standard InChI is InChI=1S/C14H15BrFNO/c1-9(11-5-3-4-6-12(11)16)17-10(2)13-7-8-14(15)18-13/h3-10,17H,1-2H3. The maximum absolute atomic E-state index is 13.6. The Kier molecular flexibility index (Phi) is 4.19.